The molecule has 0 spiro atoms. The minimum Gasteiger partial charge on any atom is -0.378 e. The van der Waals surface area contributed by atoms with Crippen LogP contribution in [0.25, 0.3) is 0 Å². The maximum absolute atomic E-state index is 13.3. The highest BCUT2D eigenvalue weighted by atomic mass is 32.1. The Hall–Kier alpha value is -1.49. The van der Waals surface area contributed by atoms with E-state index in [0.717, 1.165) is 16.5 Å². The number of hydrogen-bond acceptors (Lipinski definition) is 2. The molecule has 90 valence electrons. The first-order valence-corrected chi connectivity index (χ1v) is 5.88. The minimum absolute atomic E-state index is 0.0308. The largest absolute Gasteiger partial charge is 0.378 e. The van der Waals surface area contributed by atoms with Gasteiger partial charge in [-0.2, -0.15) is 0 Å². The molecule has 0 aliphatic carbocycles. The van der Waals surface area contributed by atoms with Crippen LogP contribution in [-0.2, 0) is 6.54 Å². The molecule has 1 N–H and O–H groups in total. The normalized spacial score (nSPS) is 10.6. The molecule has 0 radical (unpaired) electrons. The summed E-state index contributed by atoms with van der Waals surface area (Å²) in [5.41, 5.74) is 1.06. The molecule has 2 rings (SSSR count). The SMILES string of the molecule is Cc1ccsc1CNc1ccc(F)c(F)c1F. The van der Waals surface area contributed by atoms with Gasteiger partial charge < -0.3 is 5.32 Å². The molecule has 0 aliphatic heterocycles. The predicted octanol–water partition coefficient (Wildman–Crippen LogP) is 4.09. The molecule has 0 saturated carbocycles. The van der Waals surface area contributed by atoms with Crippen LogP contribution in [0.2, 0.25) is 0 Å². The van der Waals surface area contributed by atoms with Crippen molar-refractivity contribution in [1.82, 2.24) is 0 Å². The second kappa shape index (κ2) is 4.79. The van der Waals surface area contributed by atoms with Crippen LogP contribution >= 0.6 is 11.3 Å². The average Bonchev–Trinajstić information content (AvgIpc) is 2.71. The molecule has 0 fully saturated rings. The Morgan fingerprint density at radius 1 is 1.12 bits per heavy atom. The maximum atomic E-state index is 13.3. The summed E-state index contributed by atoms with van der Waals surface area (Å²) < 4.78 is 39.0. The lowest BCUT2D eigenvalue weighted by Gasteiger charge is -2.07. The Kier molecular flexibility index (Phi) is 3.38. The van der Waals surface area contributed by atoms with Crippen LogP contribution in [0.4, 0.5) is 18.9 Å². The van der Waals surface area contributed by atoms with E-state index in [1.54, 1.807) is 0 Å². The molecule has 1 aromatic carbocycles. The number of thiophene rings is 1. The zero-order chi connectivity index (χ0) is 12.4. The van der Waals surface area contributed by atoms with Gasteiger partial charge in [0.15, 0.2) is 17.5 Å². The van der Waals surface area contributed by atoms with Crippen molar-refractivity contribution in [1.29, 1.82) is 0 Å². The van der Waals surface area contributed by atoms with Gasteiger partial charge in [-0.25, -0.2) is 13.2 Å². The van der Waals surface area contributed by atoms with E-state index in [1.165, 1.54) is 17.4 Å². The van der Waals surface area contributed by atoms with Crippen molar-refractivity contribution < 1.29 is 13.2 Å². The summed E-state index contributed by atoms with van der Waals surface area (Å²) >= 11 is 1.53. The third kappa shape index (κ3) is 2.44. The van der Waals surface area contributed by atoms with E-state index in [1.807, 2.05) is 18.4 Å². The number of nitrogens with one attached hydrogen (secondary N) is 1. The Morgan fingerprint density at radius 3 is 2.53 bits per heavy atom. The lowest BCUT2D eigenvalue weighted by molar-refractivity contribution is 0.449. The minimum atomic E-state index is -1.45. The molecule has 17 heavy (non-hydrogen) atoms. The number of hydrogen-bond donors (Lipinski definition) is 1. The van der Waals surface area contributed by atoms with E-state index in [2.05, 4.69) is 5.32 Å². The van der Waals surface area contributed by atoms with E-state index in [4.69, 9.17) is 0 Å². The van der Waals surface area contributed by atoms with E-state index in [0.29, 0.717) is 6.54 Å². The smallest absolute Gasteiger partial charge is 0.196 e. The molecule has 0 saturated heterocycles. The van der Waals surface area contributed by atoms with Crippen LogP contribution in [-0.4, -0.2) is 0 Å². The number of benzene rings is 1. The molecule has 1 nitrogen and oxygen atoms in total. The van der Waals surface area contributed by atoms with Crippen LogP contribution in [0.15, 0.2) is 23.6 Å². The number of halogens is 3. The van der Waals surface area contributed by atoms with Gasteiger partial charge in [-0.1, -0.05) is 0 Å². The molecule has 0 atom stereocenters. The van der Waals surface area contributed by atoms with Crippen molar-refractivity contribution in [3.8, 4) is 0 Å². The van der Waals surface area contributed by atoms with Gasteiger partial charge in [-0.3, -0.25) is 0 Å². The van der Waals surface area contributed by atoms with Crippen LogP contribution in [0.5, 0.6) is 0 Å². The van der Waals surface area contributed by atoms with E-state index < -0.39 is 17.5 Å². The molecular formula is C12H10F3NS. The van der Waals surface area contributed by atoms with Gasteiger partial charge in [0.1, 0.15) is 0 Å². The lowest BCUT2D eigenvalue weighted by Crippen LogP contribution is -2.03. The summed E-state index contributed by atoms with van der Waals surface area (Å²) in [5, 5.41) is 4.68. The molecule has 0 aliphatic rings. The molecule has 2 aromatic rings. The van der Waals surface area contributed by atoms with Gasteiger partial charge in [-0.05, 0) is 36.1 Å². The van der Waals surface area contributed by atoms with Crippen LogP contribution < -0.4 is 5.32 Å². The fourth-order valence-corrected chi connectivity index (χ4v) is 2.27. The second-order valence-electron chi connectivity index (χ2n) is 3.60. The Bertz CT molecular complexity index is 537. The van der Waals surface area contributed by atoms with E-state index >= 15 is 0 Å². The van der Waals surface area contributed by atoms with Crippen molar-refractivity contribution in [2.24, 2.45) is 0 Å². The topological polar surface area (TPSA) is 12.0 Å². The van der Waals surface area contributed by atoms with Gasteiger partial charge in [0.25, 0.3) is 0 Å². The number of rotatable bonds is 3. The van der Waals surface area contributed by atoms with Crippen molar-refractivity contribution in [3.63, 3.8) is 0 Å². The van der Waals surface area contributed by atoms with Crippen LogP contribution in [0.3, 0.4) is 0 Å². The first-order chi connectivity index (χ1) is 8.09. The Morgan fingerprint density at radius 2 is 1.88 bits per heavy atom. The highest BCUT2D eigenvalue weighted by Gasteiger charge is 2.13. The van der Waals surface area contributed by atoms with Crippen molar-refractivity contribution in [2.75, 3.05) is 5.32 Å². The van der Waals surface area contributed by atoms with Gasteiger partial charge in [0, 0.05) is 11.4 Å². The summed E-state index contributed by atoms with van der Waals surface area (Å²) in [6.07, 6.45) is 0. The summed E-state index contributed by atoms with van der Waals surface area (Å²) in [6.45, 7) is 2.33. The molecule has 0 amide bonds. The van der Waals surface area contributed by atoms with E-state index in [9.17, 15) is 13.2 Å². The zero-order valence-electron chi connectivity index (χ0n) is 9.06. The third-order valence-corrected chi connectivity index (χ3v) is 3.47. The summed E-state index contributed by atoms with van der Waals surface area (Å²) in [5.74, 6) is -3.81. The zero-order valence-corrected chi connectivity index (χ0v) is 9.88. The lowest BCUT2D eigenvalue weighted by atomic mass is 10.2. The standard InChI is InChI=1S/C12H10F3NS/c1-7-4-5-17-10(7)6-16-9-3-2-8(13)11(14)12(9)15/h2-5,16H,6H2,1H3. The molecule has 0 bridgehead atoms. The Balaban J connectivity index is 2.15. The first kappa shape index (κ1) is 12.0. The maximum Gasteiger partial charge on any atom is 0.196 e. The Labute approximate surface area is 101 Å². The average molecular weight is 257 g/mol. The van der Waals surface area contributed by atoms with Crippen molar-refractivity contribution in [3.05, 3.63) is 51.5 Å². The van der Waals surface area contributed by atoms with Gasteiger partial charge in [0.05, 0.1) is 5.69 Å². The molecular weight excluding hydrogens is 247 g/mol. The molecule has 1 heterocycles. The highest BCUT2D eigenvalue weighted by molar-refractivity contribution is 7.10. The predicted molar refractivity (Wildman–Crippen MR) is 62.7 cm³/mol. The molecule has 1 aromatic heterocycles. The van der Waals surface area contributed by atoms with E-state index in [-0.39, 0.29) is 5.69 Å². The highest BCUT2D eigenvalue weighted by Crippen LogP contribution is 2.22. The monoisotopic (exact) mass is 257 g/mol. The van der Waals surface area contributed by atoms with Gasteiger partial charge in [-0.15, -0.1) is 11.3 Å². The summed E-state index contributed by atoms with van der Waals surface area (Å²) in [4.78, 5) is 1.04. The fraction of sp³-hybridized carbons (Fsp3) is 0.167. The quantitative estimate of drug-likeness (QED) is 0.817. The molecule has 0 unspecified atom stereocenters. The molecule has 5 heteroatoms. The summed E-state index contributed by atoms with van der Waals surface area (Å²) in [7, 11) is 0. The van der Waals surface area contributed by atoms with Crippen LogP contribution in [0, 0.1) is 24.4 Å². The number of aryl methyl sites for hydroxylation is 1. The van der Waals surface area contributed by atoms with Crippen LogP contribution in [0.1, 0.15) is 10.4 Å². The summed E-state index contributed by atoms with van der Waals surface area (Å²) in [6, 6.07) is 4.04. The number of anilines is 1. The van der Waals surface area contributed by atoms with Gasteiger partial charge >= 0.3 is 0 Å². The fourth-order valence-electron chi connectivity index (χ4n) is 1.42. The second-order valence-corrected chi connectivity index (χ2v) is 4.60. The van der Waals surface area contributed by atoms with Gasteiger partial charge in [0.2, 0.25) is 0 Å². The third-order valence-electron chi connectivity index (χ3n) is 2.44. The first-order valence-electron chi connectivity index (χ1n) is 5.00. The van der Waals surface area contributed by atoms with Crippen molar-refractivity contribution >= 4 is 17.0 Å². The van der Waals surface area contributed by atoms with Crippen molar-refractivity contribution in [2.45, 2.75) is 13.5 Å².